The zero-order valence-corrected chi connectivity index (χ0v) is 11.7. The van der Waals surface area contributed by atoms with Gasteiger partial charge >= 0.3 is 5.97 Å². The van der Waals surface area contributed by atoms with Gasteiger partial charge in [-0.3, -0.25) is 4.98 Å². The number of hydrogen-bond donors (Lipinski definition) is 1. The van der Waals surface area contributed by atoms with Gasteiger partial charge in [0.25, 0.3) is 0 Å². The Hall–Kier alpha value is -3.02. The van der Waals surface area contributed by atoms with Gasteiger partial charge in [0.05, 0.1) is 11.4 Å². The lowest BCUT2D eigenvalue weighted by Crippen LogP contribution is -2.02. The van der Waals surface area contributed by atoms with Crippen molar-refractivity contribution in [1.82, 2.24) is 14.8 Å². The van der Waals surface area contributed by atoms with Crippen molar-refractivity contribution in [3.8, 4) is 16.9 Å². The summed E-state index contributed by atoms with van der Waals surface area (Å²) >= 11 is 0. The molecule has 0 unspecified atom stereocenters. The molecular weight excluding hydrogens is 285 g/mol. The maximum atomic E-state index is 13.0. The number of aromatic carboxylic acids is 1. The normalized spacial score (nSPS) is 10.6. The predicted molar refractivity (Wildman–Crippen MR) is 78.4 cm³/mol. The number of carboxylic acids is 1. The standard InChI is InChI=1S/C16H12FN3O2/c1-10-14(16(21)22)15(11-6-8-18-9-7-11)19-20(10)13-4-2-12(17)3-5-13/h2-9H,1H3,(H,21,22). The van der Waals surface area contributed by atoms with E-state index in [2.05, 4.69) is 10.1 Å². The van der Waals surface area contributed by atoms with E-state index in [-0.39, 0.29) is 11.4 Å². The molecule has 0 aliphatic carbocycles. The third-order valence-corrected chi connectivity index (χ3v) is 3.36. The molecule has 3 aromatic rings. The summed E-state index contributed by atoms with van der Waals surface area (Å²) in [6, 6.07) is 9.12. The van der Waals surface area contributed by atoms with Gasteiger partial charge in [0.15, 0.2) is 0 Å². The third kappa shape index (κ3) is 2.35. The SMILES string of the molecule is Cc1c(C(=O)O)c(-c2ccncc2)nn1-c1ccc(F)cc1. The molecule has 110 valence electrons. The van der Waals surface area contributed by atoms with Crippen molar-refractivity contribution in [3.05, 3.63) is 65.9 Å². The number of carboxylic acid groups (broad SMARTS) is 1. The van der Waals surface area contributed by atoms with Gasteiger partial charge in [-0.2, -0.15) is 5.10 Å². The number of pyridine rings is 1. The summed E-state index contributed by atoms with van der Waals surface area (Å²) < 4.78 is 14.5. The minimum absolute atomic E-state index is 0.121. The zero-order valence-electron chi connectivity index (χ0n) is 11.7. The summed E-state index contributed by atoms with van der Waals surface area (Å²) in [4.78, 5) is 15.5. The predicted octanol–water partition coefficient (Wildman–Crippen LogP) is 3.08. The molecule has 0 saturated carbocycles. The lowest BCUT2D eigenvalue weighted by molar-refractivity contribution is 0.0697. The second-order valence-electron chi connectivity index (χ2n) is 4.74. The van der Waals surface area contributed by atoms with Crippen LogP contribution in [-0.2, 0) is 0 Å². The Bertz CT molecular complexity index is 827. The molecular formula is C16H12FN3O2. The Kier molecular flexibility index (Phi) is 3.42. The highest BCUT2D eigenvalue weighted by Gasteiger charge is 2.22. The van der Waals surface area contributed by atoms with E-state index in [0.717, 1.165) is 0 Å². The van der Waals surface area contributed by atoms with E-state index in [4.69, 9.17) is 0 Å². The first-order chi connectivity index (χ1) is 10.6. The van der Waals surface area contributed by atoms with E-state index in [0.29, 0.717) is 22.6 Å². The maximum absolute atomic E-state index is 13.0. The van der Waals surface area contributed by atoms with Crippen molar-refractivity contribution >= 4 is 5.97 Å². The highest BCUT2D eigenvalue weighted by molar-refractivity contribution is 5.96. The van der Waals surface area contributed by atoms with Crippen molar-refractivity contribution in [2.75, 3.05) is 0 Å². The molecule has 0 atom stereocenters. The molecule has 6 heteroatoms. The van der Waals surface area contributed by atoms with Crippen LogP contribution in [0.4, 0.5) is 4.39 Å². The largest absolute Gasteiger partial charge is 0.478 e. The van der Waals surface area contributed by atoms with Crippen LogP contribution in [0, 0.1) is 12.7 Å². The summed E-state index contributed by atoms with van der Waals surface area (Å²) in [7, 11) is 0. The fourth-order valence-electron chi connectivity index (χ4n) is 2.30. The van der Waals surface area contributed by atoms with Crippen LogP contribution in [0.1, 0.15) is 16.1 Å². The van der Waals surface area contributed by atoms with Gasteiger partial charge in [0.2, 0.25) is 0 Å². The van der Waals surface area contributed by atoms with Crippen LogP contribution in [0.5, 0.6) is 0 Å². The van der Waals surface area contributed by atoms with Crippen molar-refractivity contribution in [1.29, 1.82) is 0 Å². The molecule has 2 aromatic heterocycles. The van der Waals surface area contributed by atoms with Gasteiger partial charge in [-0.05, 0) is 43.3 Å². The van der Waals surface area contributed by atoms with E-state index in [1.165, 1.54) is 16.8 Å². The Balaban J connectivity index is 2.22. The summed E-state index contributed by atoms with van der Waals surface area (Å²) in [6.45, 7) is 1.67. The van der Waals surface area contributed by atoms with Crippen LogP contribution in [0.3, 0.4) is 0 Å². The topological polar surface area (TPSA) is 68.0 Å². The average Bonchev–Trinajstić information content (AvgIpc) is 2.87. The van der Waals surface area contributed by atoms with Crippen LogP contribution in [0.15, 0.2) is 48.8 Å². The Morgan fingerprint density at radius 1 is 1.14 bits per heavy atom. The van der Waals surface area contributed by atoms with E-state index in [1.54, 1.807) is 43.6 Å². The molecule has 1 aromatic carbocycles. The van der Waals surface area contributed by atoms with Crippen LogP contribution in [0.2, 0.25) is 0 Å². The summed E-state index contributed by atoms with van der Waals surface area (Å²) in [5, 5.41) is 13.9. The summed E-state index contributed by atoms with van der Waals surface area (Å²) in [6.07, 6.45) is 3.15. The lowest BCUT2D eigenvalue weighted by Gasteiger charge is -2.03. The van der Waals surface area contributed by atoms with Gasteiger partial charge in [-0.1, -0.05) is 0 Å². The number of carbonyl (C=O) groups is 1. The third-order valence-electron chi connectivity index (χ3n) is 3.36. The minimum atomic E-state index is -1.06. The number of benzene rings is 1. The maximum Gasteiger partial charge on any atom is 0.339 e. The van der Waals surface area contributed by atoms with Crippen molar-refractivity contribution in [2.45, 2.75) is 6.92 Å². The van der Waals surface area contributed by atoms with E-state index in [9.17, 15) is 14.3 Å². The van der Waals surface area contributed by atoms with Gasteiger partial charge in [0, 0.05) is 18.0 Å². The highest BCUT2D eigenvalue weighted by atomic mass is 19.1. The van der Waals surface area contributed by atoms with Crippen LogP contribution >= 0.6 is 0 Å². The molecule has 22 heavy (non-hydrogen) atoms. The van der Waals surface area contributed by atoms with Crippen LogP contribution < -0.4 is 0 Å². The van der Waals surface area contributed by atoms with Crippen LogP contribution in [-0.4, -0.2) is 25.8 Å². The molecule has 0 aliphatic rings. The summed E-state index contributed by atoms with van der Waals surface area (Å²) in [5.41, 5.74) is 2.22. The molecule has 2 heterocycles. The van der Waals surface area contributed by atoms with Crippen LogP contribution in [0.25, 0.3) is 16.9 Å². The number of hydrogen-bond acceptors (Lipinski definition) is 3. The minimum Gasteiger partial charge on any atom is -0.478 e. The summed E-state index contributed by atoms with van der Waals surface area (Å²) in [5.74, 6) is -1.42. The average molecular weight is 297 g/mol. The number of aromatic nitrogens is 3. The van der Waals surface area contributed by atoms with E-state index in [1.807, 2.05) is 0 Å². The molecule has 0 saturated heterocycles. The molecule has 0 radical (unpaired) electrons. The molecule has 0 fully saturated rings. The number of nitrogens with zero attached hydrogens (tertiary/aromatic N) is 3. The quantitative estimate of drug-likeness (QED) is 0.806. The molecule has 5 nitrogen and oxygen atoms in total. The monoisotopic (exact) mass is 297 g/mol. The zero-order chi connectivity index (χ0) is 15.7. The molecule has 0 spiro atoms. The highest BCUT2D eigenvalue weighted by Crippen LogP contribution is 2.26. The number of halogens is 1. The molecule has 3 rings (SSSR count). The number of rotatable bonds is 3. The second-order valence-corrected chi connectivity index (χ2v) is 4.74. The Morgan fingerprint density at radius 2 is 1.77 bits per heavy atom. The molecule has 0 bridgehead atoms. The lowest BCUT2D eigenvalue weighted by atomic mass is 10.1. The van der Waals surface area contributed by atoms with Gasteiger partial charge in [0.1, 0.15) is 17.1 Å². The second kappa shape index (κ2) is 5.40. The van der Waals surface area contributed by atoms with Crippen molar-refractivity contribution in [2.24, 2.45) is 0 Å². The van der Waals surface area contributed by atoms with Crippen molar-refractivity contribution in [3.63, 3.8) is 0 Å². The molecule has 1 N–H and O–H groups in total. The first-order valence-electron chi connectivity index (χ1n) is 6.57. The van der Waals surface area contributed by atoms with Crippen molar-refractivity contribution < 1.29 is 14.3 Å². The first-order valence-corrected chi connectivity index (χ1v) is 6.57. The van der Waals surface area contributed by atoms with E-state index >= 15 is 0 Å². The fourth-order valence-corrected chi connectivity index (χ4v) is 2.30. The smallest absolute Gasteiger partial charge is 0.339 e. The van der Waals surface area contributed by atoms with E-state index < -0.39 is 5.97 Å². The Morgan fingerprint density at radius 3 is 2.36 bits per heavy atom. The Labute approximate surface area is 125 Å². The van der Waals surface area contributed by atoms with Gasteiger partial charge in [-0.15, -0.1) is 0 Å². The first kappa shape index (κ1) is 13.9. The van der Waals surface area contributed by atoms with Gasteiger partial charge in [-0.25, -0.2) is 13.9 Å². The van der Waals surface area contributed by atoms with Gasteiger partial charge < -0.3 is 5.11 Å². The fraction of sp³-hybridized carbons (Fsp3) is 0.0625. The molecule has 0 aliphatic heterocycles. The molecule has 0 amide bonds.